The zero-order chi connectivity index (χ0) is 41.9. The number of Topliss-reactive ketones (excluding diaryl/α,β-unsaturated/α-hetero) is 1. The van der Waals surface area contributed by atoms with Crippen molar-refractivity contribution >= 4 is 79.1 Å². The fourth-order valence-electron chi connectivity index (χ4n) is 6.58. The fraction of sp³-hybridized carbons (Fsp3) is 0.317. The number of rotatable bonds is 8. The van der Waals surface area contributed by atoms with E-state index in [1.165, 1.54) is 17.8 Å². The summed E-state index contributed by atoms with van der Waals surface area (Å²) in [4.78, 5) is 45.1. The minimum atomic E-state index is -4.70. The molecule has 16 heteroatoms. The largest absolute Gasteiger partial charge is 0.481 e. The van der Waals surface area contributed by atoms with Crippen molar-refractivity contribution in [2.75, 3.05) is 17.4 Å². The van der Waals surface area contributed by atoms with Crippen LogP contribution < -0.4 is 25.8 Å². The zero-order valence-corrected chi connectivity index (χ0v) is 34.0. The number of hydrogen-bond acceptors (Lipinski definition) is 10. The number of nitrogens with zero attached hydrogens (tertiary/aromatic N) is 3. The van der Waals surface area contributed by atoms with Gasteiger partial charge in [0.2, 0.25) is 5.82 Å². The smallest absolute Gasteiger partial charge is 0.451 e. The highest BCUT2D eigenvalue weighted by Crippen LogP contribution is 2.43. The standard InChI is InChI=1S/C23H19NO4S2.C18H24F3N5O/c1-13(11-18-21(27)16(12-20(25)26)23(29)30-18)7-10-19-24(2)17-9-8-14-5-3-4-6-15(14)22(17)28-19;1-16(2,3)10-17(4,5)24-15(27)26-25-13-11-8-6-7-9-12(11)22-14(23-13)18(19,20)21/h3-11,16H,12H2,1-2H3,(H,25,26);6-9H,10H2,1-5H3,(H,22,23,25)(H2,24,26,27)/b13-7+,18-11+,19-10-;. The number of carboxylic acid groups (broad SMARTS) is 1. The number of allylic oxidation sites excluding steroid dienone is 5. The van der Waals surface area contributed by atoms with Crippen LogP contribution in [0, 0.1) is 11.3 Å². The molecule has 1 atom stereocenters. The summed E-state index contributed by atoms with van der Waals surface area (Å²) >= 11 is 6.37. The minimum absolute atomic E-state index is 0.00528. The summed E-state index contributed by atoms with van der Waals surface area (Å²) in [5, 5.41) is 14.3. The average molecular weight is 821 g/mol. The van der Waals surface area contributed by atoms with Gasteiger partial charge < -0.3 is 20.1 Å². The summed E-state index contributed by atoms with van der Waals surface area (Å²) in [5.41, 5.74) is 6.27. The van der Waals surface area contributed by atoms with Gasteiger partial charge in [-0.2, -0.15) is 13.2 Å². The number of aromatic nitrogens is 2. The van der Waals surface area contributed by atoms with Crippen LogP contribution in [0.2, 0.25) is 0 Å². The van der Waals surface area contributed by atoms with E-state index in [4.69, 9.17) is 22.1 Å². The molecule has 0 saturated carbocycles. The van der Waals surface area contributed by atoms with Gasteiger partial charge in [0, 0.05) is 23.4 Å². The van der Waals surface area contributed by atoms with E-state index in [2.05, 4.69) is 59.0 Å². The van der Waals surface area contributed by atoms with Gasteiger partial charge in [0.15, 0.2) is 23.2 Å². The summed E-state index contributed by atoms with van der Waals surface area (Å²) in [6.45, 7) is 11.8. The number of thiocarbonyl (C=S) groups is 1. The quantitative estimate of drug-likeness (QED) is 0.0766. The van der Waals surface area contributed by atoms with Gasteiger partial charge in [-0.1, -0.05) is 93.3 Å². The number of ether oxygens (including phenoxy) is 1. The predicted octanol–water partition coefficient (Wildman–Crippen LogP) is 9.56. The predicted molar refractivity (Wildman–Crippen MR) is 222 cm³/mol. The van der Waals surface area contributed by atoms with Crippen LogP contribution in [0.15, 0.2) is 95.3 Å². The molecule has 3 heterocycles. The van der Waals surface area contributed by atoms with Crippen LogP contribution in [-0.2, 0) is 15.8 Å². The number of urea groups is 1. The Labute approximate surface area is 337 Å². The number of halogens is 3. The number of amides is 2. The summed E-state index contributed by atoms with van der Waals surface area (Å²) in [6.07, 6.45) is 1.22. The number of ketones is 1. The molecule has 300 valence electrons. The number of aliphatic carboxylic acids is 1. The molecule has 0 spiro atoms. The summed E-state index contributed by atoms with van der Waals surface area (Å²) < 4.78 is 45.6. The minimum Gasteiger partial charge on any atom is -0.481 e. The first-order valence-electron chi connectivity index (χ1n) is 17.8. The van der Waals surface area contributed by atoms with E-state index in [0.717, 1.165) is 27.8 Å². The summed E-state index contributed by atoms with van der Waals surface area (Å²) in [7, 11) is 1.94. The Hall–Kier alpha value is -5.48. The number of benzene rings is 3. The third-order valence-corrected chi connectivity index (χ3v) is 10.2. The Morgan fingerprint density at radius 2 is 1.67 bits per heavy atom. The molecule has 11 nitrogen and oxygen atoms in total. The maximum Gasteiger partial charge on any atom is 0.451 e. The third kappa shape index (κ3) is 10.9. The molecule has 0 aliphatic carbocycles. The van der Waals surface area contributed by atoms with Crippen molar-refractivity contribution in [2.24, 2.45) is 11.3 Å². The zero-order valence-electron chi connectivity index (χ0n) is 32.4. The van der Waals surface area contributed by atoms with E-state index in [1.807, 2.05) is 69.1 Å². The van der Waals surface area contributed by atoms with Gasteiger partial charge in [-0.3, -0.25) is 20.4 Å². The van der Waals surface area contributed by atoms with Crippen LogP contribution in [0.1, 0.15) is 60.2 Å². The van der Waals surface area contributed by atoms with Gasteiger partial charge >= 0.3 is 18.2 Å². The molecule has 1 saturated heterocycles. The van der Waals surface area contributed by atoms with Crippen LogP contribution >= 0.6 is 24.0 Å². The average Bonchev–Trinajstić information content (AvgIpc) is 3.57. The molecule has 3 aromatic carbocycles. The molecule has 1 unspecified atom stereocenters. The topological polar surface area (TPSA) is 146 Å². The number of alkyl halides is 3. The van der Waals surface area contributed by atoms with E-state index < -0.39 is 35.5 Å². The first-order chi connectivity index (χ1) is 26.6. The van der Waals surface area contributed by atoms with Gasteiger partial charge in [0.25, 0.3) is 0 Å². The SMILES string of the molecule is CC(=C\C=C1/Oc2c(ccc3ccccc23)N1C)/C=C1/SC(=S)C(CC(=O)O)C1=O.CC(C)(C)CC(C)(C)NC(=O)NNc1nc(C(F)(F)F)nc2ccccc12. The molecule has 4 N–H and O–H groups in total. The molecule has 1 fully saturated rings. The van der Waals surface area contributed by atoms with E-state index in [0.29, 0.717) is 26.8 Å². The number of carboxylic acids is 1. The Kier molecular flexibility index (Phi) is 12.7. The molecule has 0 bridgehead atoms. The Morgan fingerprint density at radius 1 is 1.00 bits per heavy atom. The highest BCUT2D eigenvalue weighted by molar-refractivity contribution is 8.27. The van der Waals surface area contributed by atoms with E-state index >= 15 is 0 Å². The number of thioether (sulfide) groups is 1. The lowest BCUT2D eigenvalue weighted by Crippen LogP contribution is -2.51. The first kappa shape index (κ1) is 42.7. The Bertz CT molecular complexity index is 2340. The van der Waals surface area contributed by atoms with Crippen molar-refractivity contribution in [3.8, 4) is 5.75 Å². The first-order valence-corrected chi connectivity index (χ1v) is 19.0. The lowest BCUT2D eigenvalue weighted by atomic mass is 9.82. The van der Waals surface area contributed by atoms with E-state index in [9.17, 15) is 27.6 Å². The van der Waals surface area contributed by atoms with Crippen molar-refractivity contribution in [1.82, 2.24) is 20.7 Å². The number of nitrogens with one attached hydrogen (secondary N) is 3. The van der Waals surface area contributed by atoms with Crippen molar-refractivity contribution in [2.45, 2.75) is 66.1 Å². The van der Waals surface area contributed by atoms with Gasteiger partial charge in [-0.15, -0.1) is 0 Å². The van der Waals surface area contributed by atoms with Crippen molar-refractivity contribution in [3.63, 3.8) is 0 Å². The van der Waals surface area contributed by atoms with Gasteiger partial charge in [-0.05, 0) is 73.9 Å². The number of hydrogen-bond donors (Lipinski definition) is 4. The Morgan fingerprint density at radius 3 is 2.33 bits per heavy atom. The third-order valence-electron chi connectivity index (χ3n) is 8.61. The van der Waals surface area contributed by atoms with Crippen molar-refractivity contribution in [3.05, 3.63) is 101 Å². The van der Waals surface area contributed by atoms with Crippen LogP contribution in [-0.4, -0.2) is 49.6 Å². The van der Waals surface area contributed by atoms with Crippen molar-refractivity contribution in [1.29, 1.82) is 0 Å². The normalized spacial score (nSPS) is 17.4. The van der Waals surface area contributed by atoms with Crippen LogP contribution in [0.3, 0.4) is 0 Å². The summed E-state index contributed by atoms with van der Waals surface area (Å²) in [5.74, 6) is -1.87. The number of carbonyl (C=O) groups is 3. The van der Waals surface area contributed by atoms with E-state index in [-0.39, 0.29) is 29.0 Å². The number of anilines is 2. The lowest BCUT2D eigenvalue weighted by Gasteiger charge is -2.33. The molecule has 1 aromatic heterocycles. The monoisotopic (exact) mass is 820 g/mol. The van der Waals surface area contributed by atoms with E-state index in [1.54, 1.807) is 24.3 Å². The molecule has 2 aliphatic rings. The maximum absolute atomic E-state index is 13.0. The molecular formula is C41H43F3N6O5S2. The highest BCUT2D eigenvalue weighted by Gasteiger charge is 2.37. The molecule has 2 aliphatic heterocycles. The second-order valence-corrected chi connectivity index (χ2v) is 17.2. The second-order valence-electron chi connectivity index (χ2n) is 15.4. The molecule has 0 radical (unpaired) electrons. The molecule has 57 heavy (non-hydrogen) atoms. The maximum atomic E-state index is 13.0. The van der Waals surface area contributed by atoms with Crippen LogP contribution in [0.5, 0.6) is 5.75 Å². The number of fused-ring (bicyclic) bond motifs is 4. The Balaban J connectivity index is 0.000000219. The fourth-order valence-corrected chi connectivity index (χ4v) is 8.08. The van der Waals surface area contributed by atoms with Gasteiger partial charge in [0.05, 0.1) is 32.6 Å². The number of para-hydroxylation sites is 1. The number of hydrazine groups is 1. The number of carbonyl (C=O) groups excluding carboxylic acids is 2. The highest BCUT2D eigenvalue weighted by atomic mass is 32.2. The molecule has 6 rings (SSSR count). The van der Waals surface area contributed by atoms with Crippen molar-refractivity contribution < 1.29 is 37.4 Å². The van der Waals surface area contributed by atoms with Crippen LogP contribution in [0.4, 0.5) is 29.5 Å². The van der Waals surface area contributed by atoms with Crippen LogP contribution in [0.25, 0.3) is 21.7 Å². The van der Waals surface area contributed by atoms with Gasteiger partial charge in [0.1, 0.15) is 0 Å². The molecule has 2 amide bonds. The van der Waals surface area contributed by atoms with Gasteiger partial charge in [-0.25, -0.2) is 14.8 Å². The second kappa shape index (κ2) is 16.9. The molecule has 4 aromatic rings. The molecular weight excluding hydrogens is 778 g/mol. The summed E-state index contributed by atoms with van der Waals surface area (Å²) in [6, 6.07) is 17.9. The lowest BCUT2D eigenvalue weighted by molar-refractivity contribution is -0.144.